The number of ether oxygens (including phenoxy) is 12. The maximum absolute atomic E-state index is 15.7. The Morgan fingerprint density at radius 2 is 0.932 bits per heavy atom. The molecule has 0 aliphatic carbocycles. The van der Waals surface area contributed by atoms with Crippen LogP contribution in [-0.2, 0) is 90.5 Å². The molecule has 0 spiro atoms. The minimum Gasteiger partial charge on any atom is -0.488 e. The molecule has 1 aromatic heterocycles. The normalized spacial score (nSPS) is 10.5. The molecule has 0 saturated heterocycles. The highest BCUT2D eigenvalue weighted by atomic mass is 19.2. The van der Waals surface area contributed by atoms with Crippen molar-refractivity contribution in [2.75, 3.05) is 83.2 Å². The molecule has 0 amide bonds. The van der Waals surface area contributed by atoms with Gasteiger partial charge in [-0.15, -0.1) is 0 Å². The van der Waals surface area contributed by atoms with Crippen LogP contribution >= 0.6 is 0 Å². The van der Waals surface area contributed by atoms with Crippen molar-refractivity contribution in [3.8, 4) is 22.6 Å². The van der Waals surface area contributed by atoms with E-state index in [2.05, 4.69) is 28.7 Å². The summed E-state index contributed by atoms with van der Waals surface area (Å²) in [6.45, 7) is -2.82. The van der Waals surface area contributed by atoms with Crippen LogP contribution in [0.1, 0.15) is 45.0 Å². The molecular weight excluding hydrogens is 985 g/mol. The summed E-state index contributed by atoms with van der Waals surface area (Å²) in [5.74, 6) is -12.8. The summed E-state index contributed by atoms with van der Waals surface area (Å²) in [6, 6.07) is 10.6. The number of aromatic nitrogens is 1. The second-order valence-electron chi connectivity index (χ2n) is 14.5. The number of halogens is 2. The Kier molecular flexibility index (Phi) is 21.7. The molecule has 1 heterocycles. The van der Waals surface area contributed by atoms with Gasteiger partial charge in [-0.05, 0) is 42.0 Å². The number of aromatic amines is 1. The summed E-state index contributed by atoms with van der Waals surface area (Å²) in [5.41, 5.74) is 1.08. The minimum absolute atomic E-state index is 0.00129. The van der Waals surface area contributed by atoms with Gasteiger partial charge < -0.3 is 71.6 Å². The molecule has 0 unspecified atom stereocenters. The van der Waals surface area contributed by atoms with Crippen LogP contribution in [0.3, 0.4) is 0 Å². The van der Waals surface area contributed by atoms with E-state index < -0.39 is 156 Å². The predicted octanol–water partition coefficient (Wildman–Crippen LogP) is 3.12. The molecule has 0 radical (unpaired) electrons. The third-order valence-electron chi connectivity index (χ3n) is 9.15. The number of carbonyl (C=O) groups excluding carboxylic acids is 10. The largest absolute Gasteiger partial charge is 0.488 e. The topological polar surface area (TPSA) is 304 Å². The number of hydrogen-bond donors (Lipinski definition) is 1. The van der Waals surface area contributed by atoms with Gasteiger partial charge in [0.05, 0.1) is 16.9 Å². The van der Waals surface area contributed by atoms with Gasteiger partial charge >= 0.3 is 59.7 Å². The molecule has 0 fully saturated rings. The van der Waals surface area contributed by atoms with Crippen molar-refractivity contribution in [1.82, 2.24) is 4.98 Å². The van der Waals surface area contributed by atoms with Crippen molar-refractivity contribution in [1.29, 1.82) is 0 Å². The fourth-order valence-corrected chi connectivity index (χ4v) is 5.97. The van der Waals surface area contributed by atoms with Crippen molar-refractivity contribution in [2.45, 2.75) is 34.6 Å². The zero-order chi connectivity index (χ0) is 53.6. The van der Waals surface area contributed by atoms with Crippen LogP contribution < -0.4 is 19.3 Å². The molecule has 3 aromatic carbocycles. The quantitative estimate of drug-likeness (QED) is 0.0388. The number of carbonyl (C=O) groups is 10. The number of hydrogen-bond acceptors (Lipinski definition) is 24. The summed E-state index contributed by atoms with van der Waals surface area (Å²) in [7, 11) is 0. The van der Waals surface area contributed by atoms with Crippen LogP contribution in [0, 0.1) is 11.6 Å². The second kappa shape index (κ2) is 28.0. The Balaban J connectivity index is 1.72. The predicted molar refractivity (Wildman–Crippen MR) is 238 cm³/mol. The number of nitrogens with zero attached hydrogens (tertiary/aromatic N) is 2. The zero-order valence-corrected chi connectivity index (χ0v) is 39.6. The summed E-state index contributed by atoms with van der Waals surface area (Å²) >= 11 is 0. The SMILES string of the molecule is CC(=O)OCOC(=O)CN(CC(=O)OCOC(C)=O)c1ccc(-c2c[nH]c3cc(C(=O)OCOC(C)=O)ccc23)cc1OCCOc1c(N(CC(=O)OCOC(C)=O)CC(=O)OCOC(C)=O)ccc(F)c1F. The Morgan fingerprint density at radius 3 is 1.41 bits per heavy atom. The molecule has 4 aromatic rings. The Bertz CT molecular complexity index is 2620. The molecule has 1 N–H and O–H groups in total. The number of benzene rings is 3. The first kappa shape index (κ1) is 56.5. The summed E-state index contributed by atoms with van der Waals surface area (Å²) < 4.78 is 90.3. The Labute approximate surface area is 412 Å². The van der Waals surface area contributed by atoms with E-state index in [9.17, 15) is 52.3 Å². The van der Waals surface area contributed by atoms with Crippen LogP contribution in [0.15, 0.2) is 54.7 Å². The van der Waals surface area contributed by atoms with Gasteiger partial charge in [0.15, 0.2) is 11.6 Å². The van der Waals surface area contributed by atoms with E-state index in [0.717, 1.165) is 50.5 Å². The van der Waals surface area contributed by atoms with Crippen molar-refractivity contribution >= 4 is 82.0 Å². The summed E-state index contributed by atoms with van der Waals surface area (Å²) in [4.78, 5) is 126. The standard InChI is InChI=1S/C46H47F2N3O22/c1-26(52)64-21-69-40(57)17-50(18-41(58)70-22-65-27(2)53)37-10-7-31(34-16-49-36-14-32(6-8-33(34)36)46(61)73-25-68-30(5)56)15-39(37)62-12-13-63-45-38(11-9-35(47)44(45)48)51(19-42(59)71-23-66-28(3)54)20-43(60)72-24-67-29(4)55/h6-11,14-16,49H,12-13,17-25H2,1-5H3. The van der Waals surface area contributed by atoms with E-state index in [1.807, 2.05) is 0 Å². The fraction of sp³-hybridized carbons (Fsp3) is 0.348. The van der Waals surface area contributed by atoms with Crippen molar-refractivity contribution in [3.63, 3.8) is 0 Å². The van der Waals surface area contributed by atoms with Gasteiger partial charge in [-0.2, -0.15) is 4.39 Å². The molecule has 25 nitrogen and oxygen atoms in total. The van der Waals surface area contributed by atoms with E-state index in [4.69, 9.17) is 33.2 Å². The van der Waals surface area contributed by atoms with Gasteiger partial charge in [0.1, 0.15) is 45.1 Å². The summed E-state index contributed by atoms with van der Waals surface area (Å²) in [6.07, 6.45) is 1.58. The lowest BCUT2D eigenvalue weighted by molar-refractivity contribution is -0.167. The smallest absolute Gasteiger partial charge is 0.341 e. The van der Waals surface area contributed by atoms with Gasteiger partial charge in [0.2, 0.25) is 39.8 Å². The second-order valence-corrected chi connectivity index (χ2v) is 14.5. The van der Waals surface area contributed by atoms with Gasteiger partial charge in [-0.3, -0.25) is 43.2 Å². The highest BCUT2D eigenvalue weighted by Crippen LogP contribution is 2.38. The first-order chi connectivity index (χ1) is 34.7. The van der Waals surface area contributed by atoms with Crippen LogP contribution in [0.4, 0.5) is 20.2 Å². The number of rotatable bonds is 27. The molecule has 4 rings (SSSR count). The number of nitrogens with one attached hydrogen (secondary N) is 1. The Hall–Kier alpha value is -9.04. The van der Waals surface area contributed by atoms with Crippen LogP contribution in [0.5, 0.6) is 11.5 Å². The number of esters is 10. The number of anilines is 2. The molecule has 0 saturated carbocycles. The molecule has 0 aliphatic heterocycles. The van der Waals surface area contributed by atoms with Crippen LogP contribution in [-0.4, -0.2) is 138 Å². The molecule has 392 valence electrons. The van der Waals surface area contributed by atoms with E-state index >= 15 is 4.39 Å². The van der Waals surface area contributed by atoms with Gasteiger partial charge in [0.25, 0.3) is 0 Å². The van der Waals surface area contributed by atoms with Gasteiger partial charge in [-0.25, -0.2) is 9.18 Å². The van der Waals surface area contributed by atoms with Gasteiger partial charge in [-0.1, -0.05) is 12.1 Å². The molecule has 0 bridgehead atoms. The summed E-state index contributed by atoms with van der Waals surface area (Å²) in [5, 5.41) is 0.558. The monoisotopic (exact) mass is 1030 g/mol. The molecule has 27 heteroatoms. The van der Waals surface area contributed by atoms with E-state index in [0.29, 0.717) is 28.1 Å². The molecule has 0 atom stereocenters. The first-order valence-electron chi connectivity index (χ1n) is 21.2. The minimum atomic E-state index is -1.59. The lowest BCUT2D eigenvalue weighted by atomic mass is 10.0. The van der Waals surface area contributed by atoms with E-state index in [1.54, 1.807) is 18.3 Å². The average molecular weight is 1030 g/mol. The first-order valence-corrected chi connectivity index (χ1v) is 21.2. The maximum Gasteiger partial charge on any atom is 0.341 e. The third-order valence-corrected chi connectivity index (χ3v) is 9.15. The lowest BCUT2D eigenvalue weighted by Crippen LogP contribution is -2.37. The number of H-pyrrole nitrogens is 1. The van der Waals surface area contributed by atoms with Crippen molar-refractivity contribution in [3.05, 3.63) is 71.9 Å². The van der Waals surface area contributed by atoms with Gasteiger partial charge in [0, 0.05) is 57.3 Å². The van der Waals surface area contributed by atoms with Crippen molar-refractivity contribution < 1.29 is 114 Å². The zero-order valence-electron chi connectivity index (χ0n) is 39.6. The fourth-order valence-electron chi connectivity index (χ4n) is 5.97. The van der Waals surface area contributed by atoms with Crippen LogP contribution in [0.25, 0.3) is 22.0 Å². The molecule has 73 heavy (non-hydrogen) atoms. The maximum atomic E-state index is 15.7. The highest BCUT2D eigenvalue weighted by molar-refractivity contribution is 6.01. The average Bonchev–Trinajstić information content (AvgIpc) is 3.74. The molecular formula is C46H47F2N3O22. The third kappa shape index (κ3) is 18.7. The number of fused-ring (bicyclic) bond motifs is 1. The Morgan fingerprint density at radius 1 is 0.493 bits per heavy atom. The van der Waals surface area contributed by atoms with Crippen molar-refractivity contribution in [2.24, 2.45) is 0 Å². The van der Waals surface area contributed by atoms with E-state index in [-0.39, 0.29) is 17.0 Å². The van der Waals surface area contributed by atoms with E-state index in [1.165, 1.54) is 24.3 Å². The van der Waals surface area contributed by atoms with Crippen LogP contribution in [0.2, 0.25) is 0 Å². The highest BCUT2D eigenvalue weighted by Gasteiger charge is 2.27. The molecule has 0 aliphatic rings. The lowest BCUT2D eigenvalue weighted by Gasteiger charge is -2.26.